The molecule has 0 aliphatic carbocycles. The molecule has 0 bridgehead atoms. The molecule has 7 nitrogen and oxygen atoms in total. The lowest BCUT2D eigenvalue weighted by Crippen LogP contribution is -2.45. The monoisotopic (exact) mass is 403 g/mol. The number of nitrogens with zero attached hydrogens (tertiary/aromatic N) is 1. The van der Waals surface area contributed by atoms with Crippen LogP contribution >= 0.6 is 0 Å². The molecule has 27 heavy (non-hydrogen) atoms. The Kier molecular flexibility index (Phi) is 7.52. The number of aliphatic hydroxyl groups excluding tert-OH is 1. The van der Waals surface area contributed by atoms with E-state index in [9.17, 15) is 14.7 Å². The van der Waals surface area contributed by atoms with Crippen molar-refractivity contribution in [2.24, 2.45) is 0 Å². The van der Waals surface area contributed by atoms with Gasteiger partial charge in [0, 0.05) is 19.0 Å². The van der Waals surface area contributed by atoms with Gasteiger partial charge in [0.05, 0.1) is 13.2 Å². The highest BCUT2D eigenvalue weighted by molar-refractivity contribution is 6.74. The summed E-state index contributed by atoms with van der Waals surface area (Å²) in [6, 6.07) is -0.344. The Morgan fingerprint density at radius 3 is 2.19 bits per heavy atom. The van der Waals surface area contributed by atoms with Gasteiger partial charge in [-0.1, -0.05) is 20.8 Å². The normalized spacial score (nSPS) is 22.5. The van der Waals surface area contributed by atoms with Crippen LogP contribution < -0.4 is 0 Å². The van der Waals surface area contributed by atoms with Crippen LogP contribution in [0.5, 0.6) is 0 Å². The molecular weight excluding hydrogens is 366 g/mol. The highest BCUT2D eigenvalue weighted by atomic mass is 28.4. The highest BCUT2D eigenvalue weighted by Gasteiger charge is 2.45. The molecule has 1 amide bonds. The molecule has 1 heterocycles. The number of likely N-dealkylation sites (tertiary alicyclic amines) is 1. The third-order valence-corrected chi connectivity index (χ3v) is 9.78. The Bertz CT molecular complexity index is 537. The van der Waals surface area contributed by atoms with Crippen molar-refractivity contribution in [3.8, 4) is 0 Å². The van der Waals surface area contributed by atoms with Gasteiger partial charge in [-0.2, -0.15) is 0 Å². The third kappa shape index (κ3) is 6.76. The summed E-state index contributed by atoms with van der Waals surface area (Å²) < 4.78 is 16.6. The predicted octanol–water partition coefficient (Wildman–Crippen LogP) is 3.31. The second-order valence-electron chi connectivity index (χ2n) is 9.80. The summed E-state index contributed by atoms with van der Waals surface area (Å²) in [4.78, 5) is 25.9. The van der Waals surface area contributed by atoms with Crippen molar-refractivity contribution in [1.29, 1.82) is 0 Å². The Morgan fingerprint density at radius 1 is 1.19 bits per heavy atom. The number of methoxy groups -OCH3 is 1. The van der Waals surface area contributed by atoms with Gasteiger partial charge >= 0.3 is 12.1 Å². The summed E-state index contributed by atoms with van der Waals surface area (Å²) in [7, 11) is -0.781. The van der Waals surface area contributed by atoms with Crippen molar-refractivity contribution < 1.29 is 28.6 Å². The van der Waals surface area contributed by atoms with E-state index in [4.69, 9.17) is 9.16 Å². The molecule has 0 radical (unpaired) electrons. The van der Waals surface area contributed by atoms with Crippen molar-refractivity contribution in [3.05, 3.63) is 0 Å². The molecule has 8 heteroatoms. The van der Waals surface area contributed by atoms with Crippen molar-refractivity contribution >= 4 is 20.4 Å². The summed E-state index contributed by atoms with van der Waals surface area (Å²) in [5.74, 6) is -0.701. The Hall–Kier alpha value is -1.12. The second kappa shape index (κ2) is 8.49. The van der Waals surface area contributed by atoms with Gasteiger partial charge in [-0.15, -0.1) is 0 Å². The topological polar surface area (TPSA) is 85.3 Å². The first-order valence-electron chi connectivity index (χ1n) is 9.50. The number of hydrogen-bond donors (Lipinski definition) is 1. The first-order valence-corrected chi connectivity index (χ1v) is 12.4. The van der Waals surface area contributed by atoms with Gasteiger partial charge in [0.25, 0.3) is 0 Å². The maximum atomic E-state index is 12.7. The van der Waals surface area contributed by atoms with E-state index in [1.165, 1.54) is 7.11 Å². The van der Waals surface area contributed by atoms with Gasteiger partial charge in [-0.25, -0.2) is 9.59 Å². The number of esters is 1. The van der Waals surface area contributed by atoms with Crippen LogP contribution in [0.4, 0.5) is 4.79 Å². The van der Waals surface area contributed by atoms with Crippen LogP contribution in [0.1, 0.15) is 54.4 Å². The van der Waals surface area contributed by atoms with Crippen molar-refractivity contribution in [2.75, 3.05) is 13.7 Å². The molecule has 3 atom stereocenters. The van der Waals surface area contributed by atoms with E-state index in [1.54, 1.807) is 4.90 Å². The minimum Gasteiger partial charge on any atom is -0.467 e. The standard InChI is InChI=1S/C19H37NO6Si/c1-18(2,3)25-17(23)20-12-14(26-27(8,9)19(4,5)6)10-13(20)11-15(21)16(22)24-7/h13-15,21H,10-12H2,1-9H3/t13?,14?,15-/m1/s1. The molecule has 0 aromatic carbocycles. The average Bonchev–Trinajstić information content (AvgIpc) is 2.85. The van der Waals surface area contributed by atoms with E-state index >= 15 is 0 Å². The molecule has 1 N–H and O–H groups in total. The van der Waals surface area contributed by atoms with Gasteiger partial charge in [-0.05, 0) is 45.3 Å². The molecule has 1 fully saturated rings. The third-order valence-electron chi connectivity index (χ3n) is 5.24. The minimum atomic E-state index is -2.01. The fourth-order valence-electron chi connectivity index (χ4n) is 2.81. The number of rotatable bonds is 5. The lowest BCUT2D eigenvalue weighted by Gasteiger charge is -2.38. The molecule has 1 aliphatic heterocycles. The molecular formula is C19H37NO6Si. The van der Waals surface area contributed by atoms with Gasteiger partial charge in [0.2, 0.25) is 0 Å². The zero-order valence-electron chi connectivity index (χ0n) is 18.3. The van der Waals surface area contributed by atoms with Crippen LogP contribution in [-0.2, 0) is 18.7 Å². The number of hydrogen-bond acceptors (Lipinski definition) is 6. The van der Waals surface area contributed by atoms with Crippen LogP contribution in [0.2, 0.25) is 18.1 Å². The van der Waals surface area contributed by atoms with Crippen LogP contribution in [0.15, 0.2) is 0 Å². The van der Waals surface area contributed by atoms with Crippen LogP contribution in [-0.4, -0.2) is 67.9 Å². The predicted molar refractivity (Wildman–Crippen MR) is 106 cm³/mol. The largest absolute Gasteiger partial charge is 0.467 e. The maximum absolute atomic E-state index is 12.7. The first kappa shape index (κ1) is 23.9. The number of aliphatic hydroxyl groups is 1. The summed E-state index contributed by atoms with van der Waals surface area (Å²) in [6.07, 6.45) is -1.22. The summed E-state index contributed by atoms with van der Waals surface area (Å²) in [5.41, 5.74) is -0.624. The molecule has 1 aliphatic rings. The number of carbonyl (C=O) groups is 2. The number of amides is 1. The molecule has 0 aromatic rings. The molecule has 2 unspecified atom stereocenters. The average molecular weight is 404 g/mol. The zero-order chi connectivity index (χ0) is 21.2. The first-order chi connectivity index (χ1) is 12.1. The van der Waals surface area contributed by atoms with E-state index in [-0.39, 0.29) is 23.6 Å². The van der Waals surface area contributed by atoms with E-state index in [2.05, 4.69) is 38.6 Å². The van der Waals surface area contributed by atoms with Crippen molar-refractivity contribution in [1.82, 2.24) is 4.90 Å². The molecule has 1 saturated heterocycles. The van der Waals surface area contributed by atoms with Gasteiger partial charge < -0.3 is 23.9 Å². The SMILES string of the molecule is COC(=O)[C@H](O)CC1CC(O[Si](C)(C)C(C)(C)C)CN1C(=O)OC(C)(C)C. The quantitative estimate of drug-likeness (QED) is 0.560. The summed E-state index contributed by atoms with van der Waals surface area (Å²) in [6.45, 7) is 16.6. The van der Waals surface area contributed by atoms with Crippen LogP contribution in [0, 0.1) is 0 Å². The van der Waals surface area contributed by atoms with Gasteiger partial charge in [0.1, 0.15) is 5.60 Å². The lowest BCUT2D eigenvalue weighted by atomic mass is 10.1. The van der Waals surface area contributed by atoms with E-state index in [0.29, 0.717) is 13.0 Å². The van der Waals surface area contributed by atoms with E-state index < -0.39 is 32.1 Å². The molecule has 1 rings (SSSR count). The maximum Gasteiger partial charge on any atom is 0.410 e. The number of ether oxygens (including phenoxy) is 2. The minimum absolute atomic E-state index is 0.0490. The molecule has 0 aromatic heterocycles. The summed E-state index contributed by atoms with van der Waals surface area (Å²) >= 11 is 0. The van der Waals surface area contributed by atoms with E-state index in [1.807, 2.05) is 20.8 Å². The van der Waals surface area contributed by atoms with Gasteiger partial charge in [-0.3, -0.25) is 0 Å². The Balaban J connectivity index is 2.95. The molecule has 0 spiro atoms. The molecule has 158 valence electrons. The zero-order valence-corrected chi connectivity index (χ0v) is 19.3. The Morgan fingerprint density at radius 2 is 1.74 bits per heavy atom. The van der Waals surface area contributed by atoms with Crippen LogP contribution in [0.25, 0.3) is 0 Å². The van der Waals surface area contributed by atoms with Crippen LogP contribution in [0.3, 0.4) is 0 Å². The second-order valence-corrected chi connectivity index (χ2v) is 14.6. The highest BCUT2D eigenvalue weighted by Crippen LogP contribution is 2.39. The molecule has 0 saturated carbocycles. The van der Waals surface area contributed by atoms with Crippen molar-refractivity contribution in [3.63, 3.8) is 0 Å². The fraction of sp³-hybridized carbons (Fsp3) is 0.895. The Labute approximate surface area is 164 Å². The fourth-order valence-corrected chi connectivity index (χ4v) is 4.17. The van der Waals surface area contributed by atoms with E-state index in [0.717, 1.165) is 0 Å². The smallest absolute Gasteiger partial charge is 0.410 e. The van der Waals surface area contributed by atoms with Crippen molar-refractivity contribution in [2.45, 2.75) is 96.4 Å². The van der Waals surface area contributed by atoms with Gasteiger partial charge in [0.15, 0.2) is 14.4 Å². The number of carbonyl (C=O) groups excluding carboxylic acids is 2. The lowest BCUT2D eigenvalue weighted by molar-refractivity contribution is -0.151. The summed E-state index contributed by atoms with van der Waals surface area (Å²) in [5, 5.41) is 10.1.